The monoisotopic (exact) mass is 234 g/mol. The molecule has 0 saturated heterocycles. The Morgan fingerprint density at radius 3 is 2.59 bits per heavy atom. The Morgan fingerprint density at radius 1 is 1.41 bits per heavy atom. The van der Waals surface area contributed by atoms with Crippen LogP contribution in [0, 0.1) is 5.92 Å². The van der Waals surface area contributed by atoms with Gasteiger partial charge in [0.25, 0.3) is 5.91 Å². The first kappa shape index (κ1) is 12.1. The quantitative estimate of drug-likeness (QED) is 0.697. The molecule has 2 unspecified atom stereocenters. The number of aliphatic hydroxyl groups excluding tert-OH is 1. The van der Waals surface area contributed by atoms with Crippen molar-refractivity contribution in [1.29, 1.82) is 0 Å². The number of nitrogens with two attached hydrogens (primary N) is 1. The van der Waals surface area contributed by atoms with Gasteiger partial charge in [-0.15, -0.1) is 0 Å². The molecule has 0 aliphatic heterocycles. The van der Waals surface area contributed by atoms with Crippen LogP contribution < -0.4 is 11.1 Å². The van der Waals surface area contributed by atoms with Crippen molar-refractivity contribution in [2.45, 2.75) is 25.0 Å². The van der Waals surface area contributed by atoms with Crippen LogP contribution in [0.2, 0.25) is 0 Å². The summed E-state index contributed by atoms with van der Waals surface area (Å²) in [6, 6.07) is 8.92. The predicted octanol–water partition coefficient (Wildman–Crippen LogP) is 0.574. The molecule has 1 amide bonds. The molecule has 0 aromatic heterocycles. The molecule has 1 fully saturated rings. The van der Waals surface area contributed by atoms with Gasteiger partial charge >= 0.3 is 0 Å². The predicted molar refractivity (Wildman–Crippen MR) is 65.1 cm³/mol. The lowest BCUT2D eigenvalue weighted by Gasteiger charge is -2.18. The highest BCUT2D eigenvalue weighted by molar-refractivity contribution is 5.82. The second-order valence-electron chi connectivity index (χ2n) is 4.50. The zero-order chi connectivity index (χ0) is 12.3. The fraction of sp³-hybridized carbons (Fsp3) is 0.462. The molecule has 2 atom stereocenters. The van der Waals surface area contributed by atoms with E-state index in [1.165, 1.54) is 0 Å². The maximum Gasteiger partial charge on any atom is 0.253 e. The summed E-state index contributed by atoms with van der Waals surface area (Å²) >= 11 is 0. The highest BCUT2D eigenvalue weighted by Gasteiger charge is 2.32. The first-order valence-corrected chi connectivity index (χ1v) is 5.96. The van der Waals surface area contributed by atoms with Crippen molar-refractivity contribution in [3.8, 4) is 0 Å². The molecule has 1 aliphatic rings. The standard InChI is InChI=1S/C13H18N2O2/c14-8-11(9-6-7-9)15-13(17)12(16)10-4-2-1-3-5-10/h1-5,9,11-12,16H,6-8,14H2,(H,15,17). The topological polar surface area (TPSA) is 75.3 Å². The highest BCUT2D eigenvalue weighted by Crippen LogP contribution is 2.32. The number of benzene rings is 1. The Balaban J connectivity index is 1.95. The second kappa shape index (κ2) is 5.29. The molecule has 4 nitrogen and oxygen atoms in total. The zero-order valence-corrected chi connectivity index (χ0v) is 9.67. The maximum absolute atomic E-state index is 11.8. The Hall–Kier alpha value is -1.39. The van der Waals surface area contributed by atoms with Crippen LogP contribution in [-0.4, -0.2) is 23.6 Å². The summed E-state index contributed by atoms with van der Waals surface area (Å²) in [4.78, 5) is 11.8. The van der Waals surface area contributed by atoms with Crippen LogP contribution in [0.1, 0.15) is 24.5 Å². The summed E-state index contributed by atoms with van der Waals surface area (Å²) in [6.07, 6.45) is 1.12. The normalized spacial score (nSPS) is 18.5. The second-order valence-corrected chi connectivity index (χ2v) is 4.50. The number of aliphatic hydroxyl groups is 1. The molecule has 0 spiro atoms. The van der Waals surface area contributed by atoms with Crippen molar-refractivity contribution >= 4 is 5.91 Å². The van der Waals surface area contributed by atoms with E-state index in [1.54, 1.807) is 24.3 Å². The van der Waals surface area contributed by atoms with E-state index in [0.717, 1.165) is 12.8 Å². The Morgan fingerprint density at radius 2 is 2.06 bits per heavy atom. The maximum atomic E-state index is 11.8. The highest BCUT2D eigenvalue weighted by atomic mass is 16.3. The molecule has 92 valence electrons. The van der Waals surface area contributed by atoms with Gasteiger partial charge in [0, 0.05) is 12.6 Å². The van der Waals surface area contributed by atoms with Crippen LogP contribution in [0.4, 0.5) is 0 Å². The lowest BCUT2D eigenvalue weighted by atomic mass is 10.1. The number of hydrogen-bond donors (Lipinski definition) is 3. The van der Waals surface area contributed by atoms with Crippen LogP contribution in [0.15, 0.2) is 30.3 Å². The summed E-state index contributed by atoms with van der Waals surface area (Å²) < 4.78 is 0. The van der Waals surface area contributed by atoms with Crippen LogP contribution in [0.25, 0.3) is 0 Å². The van der Waals surface area contributed by atoms with E-state index in [-0.39, 0.29) is 11.9 Å². The Kier molecular flexibility index (Phi) is 3.76. The van der Waals surface area contributed by atoms with E-state index in [4.69, 9.17) is 5.73 Å². The summed E-state index contributed by atoms with van der Waals surface area (Å²) in [7, 11) is 0. The molecule has 4 N–H and O–H groups in total. The van der Waals surface area contributed by atoms with E-state index < -0.39 is 6.10 Å². The van der Waals surface area contributed by atoms with Crippen LogP contribution in [0.3, 0.4) is 0 Å². The molecule has 1 aromatic carbocycles. The minimum atomic E-state index is -1.11. The van der Waals surface area contributed by atoms with Crippen molar-refractivity contribution in [2.75, 3.05) is 6.54 Å². The number of hydrogen-bond acceptors (Lipinski definition) is 3. The minimum absolute atomic E-state index is 0.000798. The lowest BCUT2D eigenvalue weighted by molar-refractivity contribution is -0.130. The minimum Gasteiger partial charge on any atom is -0.378 e. The van der Waals surface area contributed by atoms with E-state index in [2.05, 4.69) is 5.32 Å². The molecule has 4 heteroatoms. The Bertz CT molecular complexity index is 376. The summed E-state index contributed by atoms with van der Waals surface area (Å²) in [5, 5.41) is 12.7. The van der Waals surface area contributed by atoms with Gasteiger partial charge in [-0.05, 0) is 24.3 Å². The van der Waals surface area contributed by atoms with Crippen LogP contribution in [-0.2, 0) is 4.79 Å². The molecular weight excluding hydrogens is 216 g/mol. The summed E-state index contributed by atoms with van der Waals surface area (Å²) in [6.45, 7) is 0.428. The SMILES string of the molecule is NCC(NC(=O)C(O)c1ccccc1)C1CC1. The van der Waals surface area contributed by atoms with Gasteiger partial charge in [0.1, 0.15) is 0 Å². The number of amides is 1. The smallest absolute Gasteiger partial charge is 0.253 e. The first-order chi connectivity index (χ1) is 8.22. The average molecular weight is 234 g/mol. The van der Waals surface area contributed by atoms with Crippen LogP contribution in [0.5, 0.6) is 0 Å². The van der Waals surface area contributed by atoms with E-state index in [1.807, 2.05) is 6.07 Å². The first-order valence-electron chi connectivity index (χ1n) is 5.96. The van der Waals surface area contributed by atoms with Gasteiger partial charge in [-0.3, -0.25) is 4.79 Å². The van der Waals surface area contributed by atoms with Crippen molar-refractivity contribution in [3.05, 3.63) is 35.9 Å². The molecule has 1 saturated carbocycles. The zero-order valence-electron chi connectivity index (χ0n) is 9.67. The fourth-order valence-electron chi connectivity index (χ4n) is 1.92. The van der Waals surface area contributed by atoms with Gasteiger partial charge in [0.05, 0.1) is 0 Å². The van der Waals surface area contributed by atoms with Gasteiger partial charge in [0.2, 0.25) is 0 Å². The Labute approximate surface area is 101 Å². The average Bonchev–Trinajstić information content (AvgIpc) is 3.20. The third-order valence-electron chi connectivity index (χ3n) is 3.14. The third-order valence-corrected chi connectivity index (χ3v) is 3.14. The molecule has 17 heavy (non-hydrogen) atoms. The number of carbonyl (C=O) groups is 1. The number of rotatable bonds is 5. The summed E-state index contributed by atoms with van der Waals surface area (Å²) in [5.74, 6) is 0.130. The van der Waals surface area contributed by atoms with E-state index in [0.29, 0.717) is 18.0 Å². The number of carbonyl (C=O) groups excluding carboxylic acids is 1. The van der Waals surface area contributed by atoms with E-state index in [9.17, 15) is 9.90 Å². The van der Waals surface area contributed by atoms with Crippen molar-refractivity contribution in [1.82, 2.24) is 5.32 Å². The third kappa shape index (κ3) is 3.05. The van der Waals surface area contributed by atoms with Gasteiger partial charge in [-0.25, -0.2) is 0 Å². The largest absolute Gasteiger partial charge is 0.378 e. The van der Waals surface area contributed by atoms with Crippen LogP contribution >= 0.6 is 0 Å². The molecule has 0 heterocycles. The molecule has 1 aliphatic carbocycles. The van der Waals surface area contributed by atoms with E-state index >= 15 is 0 Å². The molecule has 0 bridgehead atoms. The van der Waals surface area contributed by atoms with Gasteiger partial charge < -0.3 is 16.2 Å². The van der Waals surface area contributed by atoms with Gasteiger partial charge in [-0.1, -0.05) is 30.3 Å². The summed E-state index contributed by atoms with van der Waals surface area (Å²) in [5.41, 5.74) is 6.21. The molecule has 2 rings (SSSR count). The lowest BCUT2D eigenvalue weighted by Crippen LogP contribution is -2.43. The number of nitrogens with one attached hydrogen (secondary N) is 1. The molecule has 1 aromatic rings. The van der Waals surface area contributed by atoms with Crippen molar-refractivity contribution < 1.29 is 9.90 Å². The fourth-order valence-corrected chi connectivity index (χ4v) is 1.92. The van der Waals surface area contributed by atoms with Gasteiger partial charge in [0.15, 0.2) is 6.10 Å². The van der Waals surface area contributed by atoms with Crippen molar-refractivity contribution in [2.24, 2.45) is 11.7 Å². The molecule has 0 radical (unpaired) electrons. The van der Waals surface area contributed by atoms with Gasteiger partial charge in [-0.2, -0.15) is 0 Å². The molecular formula is C13H18N2O2. The van der Waals surface area contributed by atoms with Crippen molar-refractivity contribution in [3.63, 3.8) is 0 Å².